The van der Waals surface area contributed by atoms with Crippen LogP contribution in [-0.2, 0) is 11.0 Å². The number of nitrogens with one attached hydrogen (secondary N) is 2. The maximum atomic E-state index is 12.9. The average Bonchev–Trinajstić information content (AvgIpc) is 3.13. The number of hydrogen-bond donors (Lipinski definition) is 2. The summed E-state index contributed by atoms with van der Waals surface area (Å²) < 4.78 is 38.9. The molecule has 1 aromatic heterocycles. The first kappa shape index (κ1) is 15.1. The summed E-state index contributed by atoms with van der Waals surface area (Å²) >= 11 is 2.96. The van der Waals surface area contributed by atoms with Gasteiger partial charge in [0.25, 0.3) is 0 Å². The molecule has 110 valence electrons. The van der Waals surface area contributed by atoms with Gasteiger partial charge in [0, 0.05) is 16.7 Å². The number of hydrogen-bond acceptors (Lipinski definition) is 3. The Morgan fingerprint density at radius 2 is 2.15 bits per heavy atom. The van der Waals surface area contributed by atoms with E-state index in [4.69, 9.17) is 0 Å². The minimum atomic E-state index is -4.54. The van der Waals surface area contributed by atoms with E-state index in [-0.39, 0.29) is 22.2 Å². The zero-order chi connectivity index (χ0) is 14.9. The molecule has 1 aliphatic rings. The summed E-state index contributed by atoms with van der Waals surface area (Å²) in [5.41, 5.74) is -0.905. The molecule has 1 aromatic rings. The molecule has 0 saturated heterocycles. The third-order valence-corrected chi connectivity index (χ3v) is 3.26. The van der Waals surface area contributed by atoms with Crippen molar-refractivity contribution in [3.63, 3.8) is 0 Å². The zero-order valence-corrected chi connectivity index (χ0v) is 12.2. The van der Waals surface area contributed by atoms with Gasteiger partial charge in [0.1, 0.15) is 11.9 Å². The molecular formula is C12H13BrF3N3O. The summed E-state index contributed by atoms with van der Waals surface area (Å²) in [6.45, 7) is 1.50. The lowest BCUT2D eigenvalue weighted by atomic mass is 10.2. The summed E-state index contributed by atoms with van der Waals surface area (Å²) in [4.78, 5) is 15.4. The average molecular weight is 352 g/mol. The van der Waals surface area contributed by atoms with Gasteiger partial charge in [0.2, 0.25) is 5.91 Å². The Bertz CT molecular complexity index is 517. The van der Waals surface area contributed by atoms with Crippen molar-refractivity contribution in [2.24, 2.45) is 0 Å². The number of anilines is 1. The van der Waals surface area contributed by atoms with Crippen LogP contribution in [0.4, 0.5) is 19.0 Å². The van der Waals surface area contributed by atoms with Gasteiger partial charge >= 0.3 is 6.18 Å². The highest BCUT2D eigenvalue weighted by atomic mass is 79.9. The van der Waals surface area contributed by atoms with E-state index in [0.29, 0.717) is 0 Å². The molecule has 2 N–H and O–H groups in total. The van der Waals surface area contributed by atoms with Crippen LogP contribution in [0.15, 0.2) is 16.7 Å². The first-order chi connectivity index (χ1) is 9.27. The van der Waals surface area contributed by atoms with Crippen LogP contribution in [0.3, 0.4) is 0 Å². The van der Waals surface area contributed by atoms with Crippen LogP contribution in [0.2, 0.25) is 0 Å². The van der Waals surface area contributed by atoms with Gasteiger partial charge in [-0.15, -0.1) is 0 Å². The summed E-state index contributed by atoms with van der Waals surface area (Å²) in [5.74, 6) is -0.676. The molecule has 2 rings (SSSR count). The quantitative estimate of drug-likeness (QED) is 0.876. The fraction of sp³-hybridized carbons (Fsp3) is 0.500. The fourth-order valence-electron chi connectivity index (χ4n) is 1.59. The van der Waals surface area contributed by atoms with Crippen LogP contribution in [0.1, 0.15) is 25.3 Å². The van der Waals surface area contributed by atoms with Gasteiger partial charge < -0.3 is 10.6 Å². The number of alkyl halides is 3. The normalized spacial score (nSPS) is 16.6. The van der Waals surface area contributed by atoms with E-state index < -0.39 is 17.8 Å². The van der Waals surface area contributed by atoms with Crippen molar-refractivity contribution in [1.29, 1.82) is 0 Å². The Labute approximate surface area is 122 Å². The van der Waals surface area contributed by atoms with Gasteiger partial charge in [-0.2, -0.15) is 13.2 Å². The number of nitrogens with zero attached hydrogens (tertiary/aromatic N) is 1. The standard InChI is InChI=1S/C12H13BrF3N3O/c1-6(11(20)19-8-2-3-8)18-10-9(12(14,15)16)4-7(13)5-17-10/h4-6,8H,2-3H2,1H3,(H,17,18)(H,19,20). The Morgan fingerprint density at radius 3 is 2.70 bits per heavy atom. The molecular weight excluding hydrogens is 339 g/mol. The van der Waals surface area contributed by atoms with Crippen LogP contribution >= 0.6 is 15.9 Å². The molecule has 0 aromatic carbocycles. The zero-order valence-electron chi connectivity index (χ0n) is 10.6. The highest BCUT2D eigenvalue weighted by Gasteiger charge is 2.35. The lowest BCUT2D eigenvalue weighted by Crippen LogP contribution is -2.39. The summed E-state index contributed by atoms with van der Waals surface area (Å²) in [7, 11) is 0. The molecule has 0 bridgehead atoms. The molecule has 8 heteroatoms. The van der Waals surface area contributed by atoms with Gasteiger partial charge in [-0.1, -0.05) is 0 Å². The number of carbonyl (C=O) groups excluding carboxylic acids is 1. The highest BCUT2D eigenvalue weighted by Crippen LogP contribution is 2.35. The van der Waals surface area contributed by atoms with Crippen molar-refractivity contribution in [3.05, 3.63) is 22.3 Å². The van der Waals surface area contributed by atoms with E-state index >= 15 is 0 Å². The number of amides is 1. The first-order valence-electron chi connectivity index (χ1n) is 6.07. The van der Waals surface area contributed by atoms with Crippen molar-refractivity contribution in [2.75, 3.05) is 5.32 Å². The van der Waals surface area contributed by atoms with Crippen molar-refractivity contribution >= 4 is 27.7 Å². The number of rotatable bonds is 4. The van der Waals surface area contributed by atoms with E-state index in [1.165, 1.54) is 13.1 Å². The van der Waals surface area contributed by atoms with Crippen molar-refractivity contribution in [1.82, 2.24) is 10.3 Å². The molecule has 4 nitrogen and oxygen atoms in total. The van der Waals surface area contributed by atoms with Crippen LogP contribution in [0.5, 0.6) is 0 Å². The summed E-state index contributed by atoms with van der Waals surface area (Å²) in [6.07, 6.45) is -1.44. The third-order valence-electron chi connectivity index (χ3n) is 2.83. The third kappa shape index (κ3) is 3.84. The molecule has 0 spiro atoms. The fourth-order valence-corrected chi connectivity index (χ4v) is 1.93. The smallest absolute Gasteiger partial charge is 0.358 e. The Kier molecular flexibility index (Phi) is 4.22. The molecule has 1 amide bonds. The van der Waals surface area contributed by atoms with E-state index in [1.807, 2.05) is 0 Å². The minimum Gasteiger partial charge on any atom is -0.358 e. The van der Waals surface area contributed by atoms with Crippen molar-refractivity contribution in [2.45, 2.75) is 38.0 Å². The maximum Gasteiger partial charge on any atom is 0.419 e. The molecule has 1 unspecified atom stereocenters. The SMILES string of the molecule is CC(Nc1ncc(Br)cc1C(F)(F)F)C(=O)NC1CC1. The van der Waals surface area contributed by atoms with Gasteiger partial charge in [-0.05, 0) is 41.8 Å². The van der Waals surface area contributed by atoms with Gasteiger partial charge in [0.15, 0.2) is 0 Å². The number of halogens is 4. The Balaban J connectivity index is 2.13. The predicted octanol–water partition coefficient (Wildman–Crippen LogP) is 2.94. The number of aromatic nitrogens is 1. The van der Waals surface area contributed by atoms with Crippen LogP contribution < -0.4 is 10.6 Å². The number of pyridine rings is 1. The van der Waals surface area contributed by atoms with Crippen LogP contribution in [-0.4, -0.2) is 23.0 Å². The van der Waals surface area contributed by atoms with Gasteiger partial charge in [-0.25, -0.2) is 4.98 Å². The van der Waals surface area contributed by atoms with E-state index in [0.717, 1.165) is 18.9 Å². The van der Waals surface area contributed by atoms with Crippen LogP contribution in [0.25, 0.3) is 0 Å². The molecule has 0 aliphatic heterocycles. The Morgan fingerprint density at radius 1 is 1.50 bits per heavy atom. The van der Waals surface area contributed by atoms with Crippen molar-refractivity contribution < 1.29 is 18.0 Å². The number of carbonyl (C=O) groups is 1. The summed E-state index contributed by atoms with van der Waals surface area (Å²) in [6, 6.07) is 0.304. The van der Waals surface area contributed by atoms with Crippen LogP contribution in [0, 0.1) is 0 Å². The molecule has 1 saturated carbocycles. The molecule has 20 heavy (non-hydrogen) atoms. The van der Waals surface area contributed by atoms with Crippen molar-refractivity contribution in [3.8, 4) is 0 Å². The van der Waals surface area contributed by atoms with E-state index in [1.54, 1.807) is 0 Å². The molecule has 1 heterocycles. The predicted molar refractivity (Wildman–Crippen MR) is 71.2 cm³/mol. The Hall–Kier alpha value is -1.31. The van der Waals surface area contributed by atoms with Gasteiger partial charge in [-0.3, -0.25) is 4.79 Å². The first-order valence-corrected chi connectivity index (χ1v) is 6.86. The molecule has 1 aliphatic carbocycles. The largest absolute Gasteiger partial charge is 0.419 e. The second kappa shape index (κ2) is 5.59. The monoisotopic (exact) mass is 351 g/mol. The highest BCUT2D eigenvalue weighted by molar-refractivity contribution is 9.10. The topological polar surface area (TPSA) is 54.0 Å². The summed E-state index contributed by atoms with van der Waals surface area (Å²) in [5, 5.41) is 5.24. The van der Waals surface area contributed by atoms with E-state index in [2.05, 4.69) is 31.5 Å². The molecule has 0 radical (unpaired) electrons. The second-order valence-electron chi connectivity index (χ2n) is 4.70. The molecule has 1 atom stereocenters. The minimum absolute atomic E-state index is 0.159. The maximum absolute atomic E-state index is 12.9. The lowest BCUT2D eigenvalue weighted by Gasteiger charge is -2.18. The molecule has 1 fully saturated rings. The van der Waals surface area contributed by atoms with E-state index in [9.17, 15) is 18.0 Å². The lowest BCUT2D eigenvalue weighted by molar-refractivity contribution is -0.137. The second-order valence-corrected chi connectivity index (χ2v) is 5.61. The van der Waals surface area contributed by atoms with Gasteiger partial charge in [0.05, 0.1) is 5.56 Å².